The van der Waals surface area contributed by atoms with Gasteiger partial charge < -0.3 is 14.9 Å². The van der Waals surface area contributed by atoms with Gasteiger partial charge in [0.1, 0.15) is 0 Å². The Balaban J connectivity index is 1.64. The average Bonchev–Trinajstić information content (AvgIpc) is 3.05. The van der Waals surface area contributed by atoms with Gasteiger partial charge in [-0.05, 0) is 56.9 Å². The second kappa shape index (κ2) is 6.69. The SMILES string of the molecule is CC(O)C1CCN(C(=O)c2ccc(N3CCCCC3)cc2)C1. The number of aliphatic hydroxyl groups excluding tert-OH is 1. The number of carbonyl (C=O) groups excluding carboxylic acids is 1. The smallest absolute Gasteiger partial charge is 0.253 e. The summed E-state index contributed by atoms with van der Waals surface area (Å²) < 4.78 is 0. The first-order valence-corrected chi connectivity index (χ1v) is 8.47. The highest BCUT2D eigenvalue weighted by Gasteiger charge is 2.29. The fourth-order valence-corrected chi connectivity index (χ4v) is 3.52. The van der Waals surface area contributed by atoms with Crippen LogP contribution in [0.15, 0.2) is 24.3 Å². The summed E-state index contributed by atoms with van der Waals surface area (Å²) in [6.45, 7) is 5.48. The summed E-state index contributed by atoms with van der Waals surface area (Å²) in [6.07, 6.45) is 4.41. The largest absolute Gasteiger partial charge is 0.393 e. The van der Waals surface area contributed by atoms with Gasteiger partial charge in [-0.2, -0.15) is 0 Å². The van der Waals surface area contributed by atoms with Crippen molar-refractivity contribution >= 4 is 11.6 Å². The summed E-state index contributed by atoms with van der Waals surface area (Å²) in [5, 5.41) is 9.66. The van der Waals surface area contributed by atoms with Crippen molar-refractivity contribution in [3.63, 3.8) is 0 Å². The molecule has 120 valence electrons. The highest BCUT2D eigenvalue weighted by molar-refractivity contribution is 5.94. The summed E-state index contributed by atoms with van der Waals surface area (Å²) in [4.78, 5) is 16.8. The van der Waals surface area contributed by atoms with E-state index in [4.69, 9.17) is 0 Å². The molecule has 1 N–H and O–H groups in total. The molecule has 1 aromatic carbocycles. The van der Waals surface area contributed by atoms with Gasteiger partial charge in [-0.3, -0.25) is 4.79 Å². The number of anilines is 1. The molecule has 2 saturated heterocycles. The van der Waals surface area contributed by atoms with Gasteiger partial charge in [0.25, 0.3) is 5.91 Å². The zero-order valence-corrected chi connectivity index (χ0v) is 13.4. The van der Waals surface area contributed by atoms with Gasteiger partial charge in [-0.15, -0.1) is 0 Å². The molecule has 4 heteroatoms. The van der Waals surface area contributed by atoms with Crippen LogP contribution in [0, 0.1) is 5.92 Å². The van der Waals surface area contributed by atoms with Crippen LogP contribution in [0.3, 0.4) is 0 Å². The lowest BCUT2D eigenvalue weighted by Crippen LogP contribution is -2.31. The van der Waals surface area contributed by atoms with Crippen LogP contribution in [0.4, 0.5) is 5.69 Å². The van der Waals surface area contributed by atoms with Crippen LogP contribution in [0.1, 0.15) is 43.0 Å². The minimum absolute atomic E-state index is 0.0911. The molecular weight excluding hydrogens is 276 g/mol. The first-order valence-electron chi connectivity index (χ1n) is 8.47. The molecule has 0 radical (unpaired) electrons. The maximum absolute atomic E-state index is 12.5. The number of piperidine rings is 1. The summed E-state index contributed by atoms with van der Waals surface area (Å²) in [7, 11) is 0. The minimum atomic E-state index is -0.334. The maximum atomic E-state index is 12.5. The van der Waals surface area contributed by atoms with Gasteiger partial charge in [0, 0.05) is 43.3 Å². The Labute approximate surface area is 132 Å². The fraction of sp³-hybridized carbons (Fsp3) is 0.611. The van der Waals surface area contributed by atoms with Crippen molar-refractivity contribution in [2.45, 2.75) is 38.7 Å². The number of likely N-dealkylation sites (tertiary alicyclic amines) is 1. The molecule has 4 nitrogen and oxygen atoms in total. The molecule has 0 saturated carbocycles. The lowest BCUT2D eigenvalue weighted by molar-refractivity contribution is 0.0762. The molecule has 0 aliphatic carbocycles. The molecule has 2 unspecified atom stereocenters. The van der Waals surface area contributed by atoms with E-state index in [-0.39, 0.29) is 17.9 Å². The van der Waals surface area contributed by atoms with Gasteiger partial charge in [-0.1, -0.05) is 0 Å². The molecule has 2 aliphatic heterocycles. The Hall–Kier alpha value is -1.55. The number of benzene rings is 1. The van der Waals surface area contributed by atoms with E-state index in [0.29, 0.717) is 6.54 Å². The average molecular weight is 302 g/mol. The standard InChI is InChI=1S/C18H26N2O2/c1-14(21)16-9-12-20(13-16)18(22)15-5-7-17(8-6-15)19-10-3-2-4-11-19/h5-8,14,16,21H,2-4,9-13H2,1H3. The van der Waals surface area contributed by atoms with Gasteiger partial charge in [0.2, 0.25) is 0 Å². The monoisotopic (exact) mass is 302 g/mol. The molecule has 22 heavy (non-hydrogen) atoms. The summed E-state index contributed by atoms with van der Waals surface area (Å²) in [5.74, 6) is 0.310. The normalized spacial score (nSPS) is 23.6. The van der Waals surface area contributed by atoms with Gasteiger partial charge >= 0.3 is 0 Å². The van der Waals surface area contributed by atoms with Crippen LogP contribution in [-0.4, -0.2) is 48.2 Å². The topological polar surface area (TPSA) is 43.8 Å². The van der Waals surface area contributed by atoms with Crippen LogP contribution in [0.25, 0.3) is 0 Å². The van der Waals surface area contributed by atoms with Crippen LogP contribution < -0.4 is 4.90 Å². The summed E-state index contributed by atoms with van der Waals surface area (Å²) >= 11 is 0. The van der Waals surface area contributed by atoms with Crippen molar-refractivity contribution < 1.29 is 9.90 Å². The lowest BCUT2D eigenvalue weighted by Gasteiger charge is -2.29. The first kappa shape index (κ1) is 15.3. The maximum Gasteiger partial charge on any atom is 0.253 e. The van der Waals surface area contributed by atoms with Crippen molar-refractivity contribution in [1.82, 2.24) is 4.90 Å². The second-order valence-electron chi connectivity index (χ2n) is 6.64. The molecule has 0 aromatic heterocycles. The van der Waals surface area contributed by atoms with Crippen molar-refractivity contribution in [1.29, 1.82) is 0 Å². The van der Waals surface area contributed by atoms with Crippen LogP contribution in [-0.2, 0) is 0 Å². The van der Waals surface area contributed by atoms with Crippen molar-refractivity contribution in [2.24, 2.45) is 5.92 Å². The van der Waals surface area contributed by atoms with Crippen LogP contribution >= 0.6 is 0 Å². The van der Waals surface area contributed by atoms with E-state index in [1.165, 1.54) is 24.9 Å². The van der Waals surface area contributed by atoms with E-state index < -0.39 is 0 Å². The zero-order chi connectivity index (χ0) is 15.5. The molecule has 2 heterocycles. The Bertz CT molecular complexity index is 506. The van der Waals surface area contributed by atoms with E-state index in [9.17, 15) is 9.90 Å². The van der Waals surface area contributed by atoms with E-state index in [1.807, 2.05) is 24.0 Å². The van der Waals surface area contributed by atoms with E-state index in [2.05, 4.69) is 17.0 Å². The number of hydrogen-bond acceptors (Lipinski definition) is 3. The van der Waals surface area contributed by atoms with Crippen LogP contribution in [0.2, 0.25) is 0 Å². The first-order chi connectivity index (χ1) is 10.6. The number of nitrogens with zero attached hydrogens (tertiary/aromatic N) is 2. The van der Waals surface area contributed by atoms with Crippen molar-refractivity contribution in [3.05, 3.63) is 29.8 Å². The fourth-order valence-electron chi connectivity index (χ4n) is 3.52. The second-order valence-corrected chi connectivity index (χ2v) is 6.64. The third kappa shape index (κ3) is 3.27. The van der Waals surface area contributed by atoms with E-state index >= 15 is 0 Å². The van der Waals surface area contributed by atoms with Gasteiger partial charge in [0.05, 0.1) is 6.10 Å². The molecular formula is C18H26N2O2. The Morgan fingerprint density at radius 3 is 2.41 bits per heavy atom. The third-order valence-electron chi connectivity index (χ3n) is 5.03. The number of hydrogen-bond donors (Lipinski definition) is 1. The van der Waals surface area contributed by atoms with Crippen LogP contribution in [0.5, 0.6) is 0 Å². The van der Waals surface area contributed by atoms with Crippen molar-refractivity contribution in [3.8, 4) is 0 Å². The van der Waals surface area contributed by atoms with E-state index in [1.54, 1.807) is 0 Å². The minimum Gasteiger partial charge on any atom is -0.393 e. The Morgan fingerprint density at radius 1 is 1.14 bits per heavy atom. The number of rotatable bonds is 3. The van der Waals surface area contributed by atoms with Gasteiger partial charge in [0.15, 0.2) is 0 Å². The Morgan fingerprint density at radius 2 is 1.82 bits per heavy atom. The highest BCUT2D eigenvalue weighted by atomic mass is 16.3. The predicted molar refractivity (Wildman–Crippen MR) is 88.2 cm³/mol. The Kier molecular flexibility index (Phi) is 4.67. The molecule has 2 atom stereocenters. The quantitative estimate of drug-likeness (QED) is 0.933. The molecule has 1 aromatic rings. The van der Waals surface area contributed by atoms with Gasteiger partial charge in [-0.25, -0.2) is 0 Å². The van der Waals surface area contributed by atoms with Crippen molar-refractivity contribution in [2.75, 3.05) is 31.1 Å². The molecule has 2 aliphatic rings. The predicted octanol–water partition coefficient (Wildman–Crippen LogP) is 2.52. The summed E-state index contributed by atoms with van der Waals surface area (Å²) in [5.41, 5.74) is 1.98. The lowest BCUT2D eigenvalue weighted by atomic mass is 10.0. The third-order valence-corrected chi connectivity index (χ3v) is 5.03. The molecule has 2 fully saturated rings. The number of amides is 1. The molecule has 0 spiro atoms. The molecule has 1 amide bonds. The van der Waals surface area contributed by atoms with E-state index in [0.717, 1.165) is 31.6 Å². The number of carbonyl (C=O) groups is 1. The summed E-state index contributed by atoms with van der Waals surface area (Å²) in [6, 6.07) is 8.03. The molecule has 3 rings (SSSR count). The number of aliphatic hydroxyl groups is 1. The molecule has 0 bridgehead atoms. The highest BCUT2D eigenvalue weighted by Crippen LogP contribution is 2.24. The zero-order valence-electron chi connectivity index (χ0n) is 13.4.